The number of amides is 1. The molecule has 0 saturated heterocycles. The second-order valence-electron chi connectivity index (χ2n) is 5.90. The molecule has 134 valence electrons. The van der Waals surface area contributed by atoms with Crippen LogP contribution in [0.4, 0.5) is 0 Å². The number of hydrogen-bond acceptors (Lipinski definition) is 4. The molecular weight excluding hydrogens is 330 g/mol. The minimum Gasteiger partial charge on any atom is -0.493 e. The topological polar surface area (TPSA) is 76.2 Å². The summed E-state index contributed by atoms with van der Waals surface area (Å²) in [6.45, 7) is 2.38. The fourth-order valence-corrected chi connectivity index (χ4v) is 2.75. The summed E-state index contributed by atoms with van der Waals surface area (Å²) in [5.74, 6) is 1.09. The molecule has 0 aliphatic heterocycles. The minimum absolute atomic E-state index is 0.190. The van der Waals surface area contributed by atoms with Crippen molar-refractivity contribution in [1.82, 2.24) is 15.5 Å². The van der Waals surface area contributed by atoms with Crippen LogP contribution in [-0.4, -0.2) is 30.3 Å². The molecule has 6 nitrogen and oxygen atoms in total. The van der Waals surface area contributed by atoms with E-state index in [-0.39, 0.29) is 5.91 Å². The van der Waals surface area contributed by atoms with Crippen molar-refractivity contribution < 1.29 is 14.3 Å². The Morgan fingerprint density at radius 3 is 2.65 bits per heavy atom. The van der Waals surface area contributed by atoms with Crippen molar-refractivity contribution in [1.29, 1.82) is 0 Å². The van der Waals surface area contributed by atoms with E-state index in [1.54, 1.807) is 20.4 Å². The third kappa shape index (κ3) is 3.69. The second-order valence-corrected chi connectivity index (χ2v) is 5.90. The third-order valence-electron chi connectivity index (χ3n) is 4.09. The maximum absolute atomic E-state index is 12.6. The highest BCUT2D eigenvalue weighted by Gasteiger charge is 2.15. The van der Waals surface area contributed by atoms with Crippen LogP contribution in [0.15, 0.2) is 48.7 Å². The Hall–Kier alpha value is -3.28. The molecule has 1 aromatic heterocycles. The fraction of sp³-hybridized carbons (Fsp3) is 0.200. The van der Waals surface area contributed by atoms with E-state index >= 15 is 0 Å². The molecule has 0 unspecified atom stereocenters. The van der Waals surface area contributed by atoms with E-state index < -0.39 is 0 Å². The molecule has 3 aromatic rings. The Labute approximate surface area is 152 Å². The number of benzene rings is 2. The van der Waals surface area contributed by atoms with Crippen molar-refractivity contribution in [2.75, 3.05) is 14.2 Å². The molecule has 2 N–H and O–H groups in total. The minimum atomic E-state index is -0.190. The van der Waals surface area contributed by atoms with E-state index in [4.69, 9.17) is 9.47 Å². The summed E-state index contributed by atoms with van der Waals surface area (Å²) in [5.41, 5.74) is 4.18. The average Bonchev–Trinajstić information content (AvgIpc) is 3.15. The van der Waals surface area contributed by atoms with E-state index in [0.717, 1.165) is 16.7 Å². The van der Waals surface area contributed by atoms with Gasteiger partial charge in [0.2, 0.25) is 0 Å². The molecule has 0 spiro atoms. The molecule has 26 heavy (non-hydrogen) atoms. The van der Waals surface area contributed by atoms with Gasteiger partial charge in [-0.25, -0.2) is 0 Å². The van der Waals surface area contributed by atoms with Gasteiger partial charge in [0.15, 0.2) is 11.5 Å². The molecule has 0 atom stereocenters. The predicted molar refractivity (Wildman–Crippen MR) is 99.5 cm³/mol. The van der Waals surface area contributed by atoms with Gasteiger partial charge in [0.1, 0.15) is 0 Å². The molecule has 0 fully saturated rings. The number of carbonyl (C=O) groups excluding carboxylic acids is 1. The van der Waals surface area contributed by atoms with E-state index in [9.17, 15) is 4.79 Å². The number of hydrogen-bond donors (Lipinski definition) is 2. The number of ether oxygens (including phenoxy) is 2. The van der Waals surface area contributed by atoms with Crippen LogP contribution < -0.4 is 14.8 Å². The predicted octanol–water partition coefficient (Wildman–Crippen LogP) is 3.33. The van der Waals surface area contributed by atoms with Crippen LogP contribution in [0.5, 0.6) is 11.5 Å². The molecule has 6 heteroatoms. The molecule has 3 rings (SSSR count). The second kappa shape index (κ2) is 7.74. The summed E-state index contributed by atoms with van der Waals surface area (Å²) in [6, 6.07) is 13.5. The molecule has 0 bridgehead atoms. The summed E-state index contributed by atoms with van der Waals surface area (Å²) < 4.78 is 10.5. The van der Waals surface area contributed by atoms with Crippen molar-refractivity contribution in [3.05, 3.63) is 65.4 Å². The van der Waals surface area contributed by atoms with Crippen LogP contribution in [-0.2, 0) is 6.54 Å². The van der Waals surface area contributed by atoms with Crippen LogP contribution >= 0.6 is 0 Å². The zero-order chi connectivity index (χ0) is 18.5. The lowest BCUT2D eigenvalue weighted by molar-refractivity contribution is 0.0951. The van der Waals surface area contributed by atoms with Gasteiger partial charge >= 0.3 is 0 Å². The summed E-state index contributed by atoms with van der Waals surface area (Å²) >= 11 is 0. The first-order chi connectivity index (χ1) is 12.6. The molecule has 2 aromatic carbocycles. The SMILES string of the molecule is COc1ccc(CNC(=O)c2cn[nH]c2-c2cccc(C)c2)cc1OC. The quantitative estimate of drug-likeness (QED) is 0.714. The van der Waals surface area contributed by atoms with Crippen molar-refractivity contribution in [3.63, 3.8) is 0 Å². The Morgan fingerprint density at radius 1 is 1.12 bits per heavy atom. The summed E-state index contributed by atoms with van der Waals surface area (Å²) in [4.78, 5) is 12.6. The first-order valence-corrected chi connectivity index (χ1v) is 8.22. The molecule has 0 radical (unpaired) electrons. The molecule has 0 aliphatic rings. The van der Waals surface area contributed by atoms with Gasteiger partial charge in [0.05, 0.1) is 31.7 Å². The van der Waals surface area contributed by atoms with E-state index in [1.807, 2.05) is 49.4 Å². The zero-order valence-electron chi connectivity index (χ0n) is 15.0. The number of nitrogens with zero attached hydrogens (tertiary/aromatic N) is 1. The smallest absolute Gasteiger partial charge is 0.255 e. The lowest BCUT2D eigenvalue weighted by Crippen LogP contribution is -2.23. The number of carbonyl (C=O) groups is 1. The van der Waals surface area contributed by atoms with E-state index in [1.165, 1.54) is 0 Å². The lowest BCUT2D eigenvalue weighted by Gasteiger charge is -2.10. The van der Waals surface area contributed by atoms with Gasteiger partial charge in [-0.2, -0.15) is 5.10 Å². The maximum Gasteiger partial charge on any atom is 0.255 e. The zero-order valence-corrected chi connectivity index (χ0v) is 15.0. The summed E-state index contributed by atoms with van der Waals surface area (Å²) in [5, 5.41) is 9.87. The summed E-state index contributed by atoms with van der Waals surface area (Å²) in [6.07, 6.45) is 1.54. The van der Waals surface area contributed by atoms with Crippen molar-refractivity contribution in [2.24, 2.45) is 0 Å². The van der Waals surface area contributed by atoms with Gasteiger partial charge in [-0.05, 0) is 30.7 Å². The number of nitrogens with one attached hydrogen (secondary N) is 2. The Morgan fingerprint density at radius 2 is 1.92 bits per heavy atom. The van der Waals surface area contributed by atoms with E-state index in [0.29, 0.717) is 29.3 Å². The van der Waals surface area contributed by atoms with Gasteiger partial charge in [0, 0.05) is 12.1 Å². The van der Waals surface area contributed by atoms with Crippen molar-refractivity contribution in [2.45, 2.75) is 13.5 Å². The first kappa shape index (κ1) is 17.5. The van der Waals surface area contributed by atoms with Crippen molar-refractivity contribution >= 4 is 5.91 Å². The number of aryl methyl sites for hydroxylation is 1. The maximum atomic E-state index is 12.6. The van der Waals surface area contributed by atoms with Gasteiger partial charge in [-0.3, -0.25) is 9.89 Å². The van der Waals surface area contributed by atoms with Crippen LogP contribution in [0.25, 0.3) is 11.3 Å². The highest BCUT2D eigenvalue weighted by atomic mass is 16.5. The highest BCUT2D eigenvalue weighted by Crippen LogP contribution is 2.27. The number of aromatic nitrogens is 2. The van der Waals surface area contributed by atoms with Gasteiger partial charge in [-0.1, -0.05) is 29.8 Å². The average molecular weight is 351 g/mol. The van der Waals surface area contributed by atoms with Crippen molar-refractivity contribution in [3.8, 4) is 22.8 Å². The molecular formula is C20H21N3O3. The largest absolute Gasteiger partial charge is 0.493 e. The van der Waals surface area contributed by atoms with Crippen LogP contribution in [0.3, 0.4) is 0 Å². The lowest BCUT2D eigenvalue weighted by atomic mass is 10.1. The third-order valence-corrected chi connectivity index (χ3v) is 4.09. The molecule has 0 saturated carbocycles. The number of rotatable bonds is 6. The molecule has 1 amide bonds. The standard InChI is InChI=1S/C20H21N3O3/c1-13-5-4-6-15(9-13)19-16(12-22-23-19)20(24)21-11-14-7-8-17(25-2)18(10-14)26-3/h4-10,12H,11H2,1-3H3,(H,21,24)(H,22,23). The van der Waals surface area contributed by atoms with Gasteiger partial charge < -0.3 is 14.8 Å². The van der Waals surface area contributed by atoms with Crippen LogP contribution in [0.2, 0.25) is 0 Å². The number of methoxy groups -OCH3 is 2. The normalized spacial score (nSPS) is 10.4. The number of aromatic amines is 1. The number of H-pyrrole nitrogens is 1. The van der Waals surface area contributed by atoms with Crippen LogP contribution in [0, 0.1) is 6.92 Å². The molecule has 0 aliphatic carbocycles. The van der Waals surface area contributed by atoms with Crippen LogP contribution in [0.1, 0.15) is 21.5 Å². The Balaban J connectivity index is 1.75. The summed E-state index contributed by atoms with van der Waals surface area (Å²) in [7, 11) is 3.17. The monoisotopic (exact) mass is 351 g/mol. The van der Waals surface area contributed by atoms with Gasteiger partial charge in [0.25, 0.3) is 5.91 Å². The van der Waals surface area contributed by atoms with E-state index in [2.05, 4.69) is 15.5 Å². The first-order valence-electron chi connectivity index (χ1n) is 8.22. The highest BCUT2D eigenvalue weighted by molar-refractivity contribution is 5.99. The van der Waals surface area contributed by atoms with Gasteiger partial charge in [-0.15, -0.1) is 0 Å². The Kier molecular flexibility index (Phi) is 5.22. The molecule has 1 heterocycles. The fourth-order valence-electron chi connectivity index (χ4n) is 2.75. The Bertz CT molecular complexity index is 918.